The molecule has 0 unspecified atom stereocenters. The van der Waals surface area contributed by atoms with E-state index < -0.39 is 5.24 Å². The third-order valence-electron chi connectivity index (χ3n) is 2.58. The van der Waals surface area contributed by atoms with E-state index >= 15 is 0 Å². The van der Waals surface area contributed by atoms with E-state index in [1.807, 2.05) is 18.2 Å². The Morgan fingerprint density at radius 1 is 1.00 bits per heavy atom. The number of carbonyl (C=O) groups is 1. The van der Waals surface area contributed by atoms with Crippen LogP contribution < -0.4 is 4.74 Å². The Morgan fingerprint density at radius 2 is 1.67 bits per heavy atom. The molecule has 0 saturated heterocycles. The van der Waals surface area contributed by atoms with Gasteiger partial charge < -0.3 is 4.74 Å². The monoisotopic (exact) mass is 260 g/mol. The molecule has 2 aromatic carbocycles. The van der Waals surface area contributed by atoms with Crippen molar-refractivity contribution >= 4 is 16.8 Å². The minimum absolute atomic E-state index is 0.453. The van der Waals surface area contributed by atoms with Crippen LogP contribution in [0.1, 0.15) is 15.9 Å². The van der Waals surface area contributed by atoms with Crippen molar-refractivity contribution in [2.75, 3.05) is 6.61 Å². The van der Waals surface area contributed by atoms with Crippen LogP contribution in [0, 0.1) is 0 Å². The molecule has 92 valence electrons. The van der Waals surface area contributed by atoms with Gasteiger partial charge in [0.05, 0.1) is 6.61 Å². The highest BCUT2D eigenvalue weighted by Gasteiger charge is 2.01. The van der Waals surface area contributed by atoms with Gasteiger partial charge in [-0.1, -0.05) is 30.3 Å². The van der Waals surface area contributed by atoms with Gasteiger partial charge >= 0.3 is 0 Å². The molecule has 0 bridgehead atoms. The molecule has 3 heteroatoms. The maximum Gasteiger partial charge on any atom is 0.252 e. The second-order valence-corrected chi connectivity index (χ2v) is 4.23. The van der Waals surface area contributed by atoms with E-state index in [9.17, 15) is 4.79 Å². The molecule has 0 atom stereocenters. The number of hydrogen-bond donors (Lipinski definition) is 0. The lowest BCUT2D eigenvalue weighted by Gasteiger charge is -2.06. The Kier molecular flexibility index (Phi) is 4.37. The summed E-state index contributed by atoms with van der Waals surface area (Å²) in [6, 6.07) is 17.0. The molecule has 2 aromatic rings. The van der Waals surface area contributed by atoms with Gasteiger partial charge in [-0.3, -0.25) is 4.79 Å². The van der Waals surface area contributed by atoms with Gasteiger partial charge in [-0.2, -0.15) is 0 Å². The lowest BCUT2D eigenvalue weighted by atomic mass is 10.2. The number of halogens is 1. The molecule has 0 aliphatic carbocycles. The molecular formula is C15H13ClO2. The molecule has 0 aliphatic rings. The number of hydrogen-bond acceptors (Lipinski definition) is 2. The Morgan fingerprint density at radius 3 is 2.28 bits per heavy atom. The van der Waals surface area contributed by atoms with Crippen LogP contribution in [0.2, 0.25) is 0 Å². The summed E-state index contributed by atoms with van der Waals surface area (Å²) >= 11 is 5.36. The zero-order valence-electron chi connectivity index (χ0n) is 9.80. The normalized spacial score (nSPS) is 10.1. The summed E-state index contributed by atoms with van der Waals surface area (Å²) in [5.41, 5.74) is 1.72. The Balaban J connectivity index is 1.85. The molecule has 0 saturated carbocycles. The summed E-state index contributed by atoms with van der Waals surface area (Å²) in [4.78, 5) is 10.9. The largest absolute Gasteiger partial charge is 0.493 e. The Bertz CT molecular complexity index is 506. The summed E-state index contributed by atoms with van der Waals surface area (Å²) in [5, 5.41) is -0.453. The predicted octanol–water partition coefficient (Wildman–Crippen LogP) is 3.69. The SMILES string of the molecule is O=C(Cl)c1ccc(OCCc2ccccc2)cc1. The van der Waals surface area contributed by atoms with E-state index in [1.54, 1.807) is 24.3 Å². The molecule has 0 N–H and O–H groups in total. The van der Waals surface area contributed by atoms with E-state index in [4.69, 9.17) is 16.3 Å². The van der Waals surface area contributed by atoms with Crippen molar-refractivity contribution in [2.45, 2.75) is 6.42 Å². The average molecular weight is 261 g/mol. The van der Waals surface area contributed by atoms with Gasteiger partial charge in [0.2, 0.25) is 0 Å². The molecule has 0 heterocycles. The van der Waals surface area contributed by atoms with Crippen LogP contribution in [0.15, 0.2) is 54.6 Å². The fourth-order valence-electron chi connectivity index (χ4n) is 1.61. The van der Waals surface area contributed by atoms with Crippen molar-refractivity contribution in [3.05, 3.63) is 65.7 Å². The zero-order valence-corrected chi connectivity index (χ0v) is 10.6. The van der Waals surface area contributed by atoms with Crippen molar-refractivity contribution in [3.8, 4) is 5.75 Å². The second-order valence-electron chi connectivity index (χ2n) is 3.88. The molecule has 2 nitrogen and oxygen atoms in total. The van der Waals surface area contributed by atoms with Gasteiger partial charge in [-0.15, -0.1) is 0 Å². The fourth-order valence-corrected chi connectivity index (χ4v) is 1.74. The maximum absolute atomic E-state index is 10.9. The van der Waals surface area contributed by atoms with E-state index in [0.717, 1.165) is 12.2 Å². The van der Waals surface area contributed by atoms with Crippen LogP contribution >= 0.6 is 11.6 Å². The van der Waals surface area contributed by atoms with Crippen molar-refractivity contribution in [1.29, 1.82) is 0 Å². The predicted molar refractivity (Wildman–Crippen MR) is 72.3 cm³/mol. The average Bonchev–Trinajstić information content (AvgIpc) is 2.40. The molecule has 0 fully saturated rings. The molecule has 0 aromatic heterocycles. The lowest BCUT2D eigenvalue weighted by Crippen LogP contribution is -2.01. The number of rotatable bonds is 5. The highest BCUT2D eigenvalue weighted by molar-refractivity contribution is 6.67. The summed E-state index contributed by atoms with van der Waals surface area (Å²) in [6.07, 6.45) is 0.858. The first-order valence-corrected chi connectivity index (χ1v) is 6.10. The maximum atomic E-state index is 10.9. The lowest BCUT2D eigenvalue weighted by molar-refractivity contribution is 0.108. The van der Waals surface area contributed by atoms with Gasteiger partial charge in [-0.25, -0.2) is 0 Å². The minimum Gasteiger partial charge on any atom is -0.493 e. The van der Waals surface area contributed by atoms with Crippen molar-refractivity contribution in [2.24, 2.45) is 0 Å². The molecule has 0 radical (unpaired) electrons. The quantitative estimate of drug-likeness (QED) is 0.767. The Labute approximate surface area is 111 Å². The van der Waals surface area contributed by atoms with Crippen LogP contribution in [0.25, 0.3) is 0 Å². The van der Waals surface area contributed by atoms with E-state index in [2.05, 4.69) is 12.1 Å². The van der Waals surface area contributed by atoms with Crippen LogP contribution in [-0.2, 0) is 6.42 Å². The number of benzene rings is 2. The summed E-state index contributed by atoms with van der Waals surface area (Å²) in [7, 11) is 0. The van der Waals surface area contributed by atoms with Gasteiger partial charge in [0.15, 0.2) is 0 Å². The van der Waals surface area contributed by atoms with Crippen molar-refractivity contribution in [3.63, 3.8) is 0 Å². The number of ether oxygens (including phenoxy) is 1. The third kappa shape index (κ3) is 3.60. The van der Waals surface area contributed by atoms with Crippen LogP contribution in [0.5, 0.6) is 5.75 Å². The van der Waals surface area contributed by atoms with E-state index in [-0.39, 0.29) is 0 Å². The molecular weight excluding hydrogens is 248 g/mol. The van der Waals surface area contributed by atoms with Gasteiger partial charge in [0.1, 0.15) is 5.75 Å². The van der Waals surface area contributed by atoms with Crippen molar-refractivity contribution in [1.82, 2.24) is 0 Å². The first kappa shape index (κ1) is 12.7. The highest BCUT2D eigenvalue weighted by Crippen LogP contribution is 2.14. The first-order valence-electron chi connectivity index (χ1n) is 5.72. The fraction of sp³-hybridized carbons (Fsp3) is 0.133. The summed E-state index contributed by atoms with van der Waals surface area (Å²) in [6.45, 7) is 0.609. The molecule has 18 heavy (non-hydrogen) atoms. The topological polar surface area (TPSA) is 26.3 Å². The summed E-state index contributed by atoms with van der Waals surface area (Å²) in [5.74, 6) is 0.743. The smallest absolute Gasteiger partial charge is 0.252 e. The molecule has 0 aliphatic heterocycles. The number of carbonyl (C=O) groups excluding carboxylic acids is 1. The Hall–Kier alpha value is -1.80. The second kappa shape index (κ2) is 6.22. The zero-order chi connectivity index (χ0) is 12.8. The van der Waals surface area contributed by atoms with E-state index in [0.29, 0.717) is 12.2 Å². The van der Waals surface area contributed by atoms with Crippen LogP contribution in [0.4, 0.5) is 0 Å². The molecule has 2 rings (SSSR count). The van der Waals surface area contributed by atoms with E-state index in [1.165, 1.54) is 5.56 Å². The standard InChI is InChI=1S/C15H13ClO2/c16-15(17)13-6-8-14(9-7-13)18-11-10-12-4-2-1-3-5-12/h1-9H,10-11H2. The van der Waals surface area contributed by atoms with Gasteiger partial charge in [0, 0.05) is 12.0 Å². The summed E-state index contributed by atoms with van der Waals surface area (Å²) < 4.78 is 5.59. The van der Waals surface area contributed by atoms with Gasteiger partial charge in [0.25, 0.3) is 5.24 Å². The van der Waals surface area contributed by atoms with Crippen molar-refractivity contribution < 1.29 is 9.53 Å². The van der Waals surface area contributed by atoms with Crippen LogP contribution in [0.3, 0.4) is 0 Å². The first-order chi connectivity index (χ1) is 8.75. The third-order valence-corrected chi connectivity index (χ3v) is 2.80. The highest BCUT2D eigenvalue weighted by atomic mass is 35.5. The van der Waals surface area contributed by atoms with Crippen LogP contribution in [-0.4, -0.2) is 11.8 Å². The van der Waals surface area contributed by atoms with Gasteiger partial charge in [-0.05, 0) is 41.4 Å². The molecule has 0 spiro atoms. The molecule has 0 amide bonds. The minimum atomic E-state index is -0.453.